The van der Waals surface area contributed by atoms with Gasteiger partial charge in [-0.25, -0.2) is 26.6 Å². The predicted octanol–water partition coefficient (Wildman–Crippen LogP) is 2.45. The van der Waals surface area contributed by atoms with Gasteiger partial charge in [-0.3, -0.25) is 10.0 Å². The summed E-state index contributed by atoms with van der Waals surface area (Å²) in [5.74, 6) is -1.31. The molecule has 0 atom stereocenters. The van der Waals surface area contributed by atoms with Crippen LogP contribution in [0, 0.1) is 0 Å². The summed E-state index contributed by atoms with van der Waals surface area (Å²) in [5, 5.41) is 9.19. The van der Waals surface area contributed by atoms with Crippen LogP contribution in [0.25, 0.3) is 0 Å². The second-order valence-corrected chi connectivity index (χ2v) is 11.9. The summed E-state index contributed by atoms with van der Waals surface area (Å²) in [6.45, 7) is -0.471. The number of sulfonamides is 1. The molecule has 15 heteroatoms. The maximum absolute atomic E-state index is 13.4. The van der Waals surface area contributed by atoms with Crippen molar-refractivity contribution in [3.8, 4) is 17.2 Å². The van der Waals surface area contributed by atoms with Gasteiger partial charge in [0.25, 0.3) is 5.91 Å². The van der Waals surface area contributed by atoms with Crippen molar-refractivity contribution in [3.63, 3.8) is 0 Å². The molecule has 0 saturated carbocycles. The molecule has 0 radical (unpaired) electrons. The minimum Gasteiger partial charge on any atom is -0.457 e. The summed E-state index contributed by atoms with van der Waals surface area (Å²) in [6.07, 6.45) is -4.62. The average molecular weight is 539 g/mol. The van der Waals surface area contributed by atoms with Crippen molar-refractivity contribution in [1.82, 2.24) is 9.79 Å². The maximum Gasteiger partial charge on any atom is 0.573 e. The maximum atomic E-state index is 13.4. The molecule has 1 saturated heterocycles. The second-order valence-electron chi connectivity index (χ2n) is 7.69. The van der Waals surface area contributed by atoms with E-state index in [0.29, 0.717) is 0 Å². The van der Waals surface area contributed by atoms with Gasteiger partial charge >= 0.3 is 6.36 Å². The summed E-state index contributed by atoms with van der Waals surface area (Å²) in [7, 11) is -7.99. The molecule has 1 fully saturated rings. The van der Waals surface area contributed by atoms with E-state index in [-0.39, 0.29) is 42.3 Å². The summed E-state index contributed by atoms with van der Waals surface area (Å²) in [6, 6.07) is 9.43. The molecule has 0 aliphatic carbocycles. The Hall–Kier alpha value is -2.88. The lowest BCUT2D eigenvalue weighted by atomic mass is 9.96. The van der Waals surface area contributed by atoms with Crippen molar-refractivity contribution in [2.45, 2.75) is 28.8 Å². The van der Waals surface area contributed by atoms with Gasteiger partial charge in [0, 0.05) is 13.1 Å². The topological polar surface area (TPSA) is 139 Å². The van der Waals surface area contributed by atoms with Gasteiger partial charge in [0.2, 0.25) is 10.0 Å². The van der Waals surface area contributed by atoms with Crippen LogP contribution in [-0.2, 0) is 24.7 Å². The van der Waals surface area contributed by atoms with Crippen LogP contribution in [0.5, 0.6) is 17.2 Å². The second kappa shape index (κ2) is 9.64. The molecule has 3 rings (SSSR count). The van der Waals surface area contributed by atoms with E-state index in [9.17, 15) is 40.0 Å². The van der Waals surface area contributed by atoms with E-state index in [2.05, 4.69) is 4.74 Å². The Morgan fingerprint density at radius 1 is 0.943 bits per heavy atom. The Morgan fingerprint density at radius 2 is 1.40 bits per heavy atom. The molecular formula is C20H21F3N2O8S2. The van der Waals surface area contributed by atoms with Crippen molar-refractivity contribution in [1.29, 1.82) is 0 Å². The minimum atomic E-state index is -4.84. The first-order chi connectivity index (χ1) is 16.2. The molecule has 2 aromatic rings. The van der Waals surface area contributed by atoms with Gasteiger partial charge in [0.1, 0.15) is 17.2 Å². The van der Waals surface area contributed by atoms with Crippen LogP contribution in [-0.4, -0.2) is 62.7 Å². The number of benzene rings is 2. The molecule has 2 N–H and O–H groups in total. The zero-order chi connectivity index (χ0) is 26.1. The standard InChI is InChI=1S/C20H21F3N2O8S2/c1-34(28,29)25-12-10-19(11-13-25,18(26)24-27)35(30,31)17-8-6-15(7-9-17)32-14-2-4-16(5-3-14)33-20(21,22)23/h2-9,27H,10-13H2,1H3,(H,24,26). The first kappa shape index (κ1) is 26.7. The number of nitrogens with one attached hydrogen (secondary N) is 1. The molecule has 0 spiro atoms. The first-order valence-electron chi connectivity index (χ1n) is 9.96. The monoisotopic (exact) mass is 538 g/mol. The summed E-state index contributed by atoms with van der Waals surface area (Å²) >= 11 is 0. The molecule has 35 heavy (non-hydrogen) atoms. The zero-order valence-electron chi connectivity index (χ0n) is 18.1. The Bertz CT molecular complexity index is 1270. The number of carbonyl (C=O) groups is 1. The molecule has 192 valence electrons. The Morgan fingerprint density at radius 3 is 1.83 bits per heavy atom. The minimum absolute atomic E-state index is 0.152. The molecule has 10 nitrogen and oxygen atoms in total. The van der Waals surface area contributed by atoms with E-state index in [1.54, 1.807) is 0 Å². The number of nitrogens with zero attached hydrogens (tertiary/aromatic N) is 1. The molecule has 1 heterocycles. The fraction of sp³-hybridized carbons (Fsp3) is 0.350. The number of halogens is 3. The van der Waals surface area contributed by atoms with Crippen LogP contribution in [0.15, 0.2) is 53.4 Å². The molecule has 0 bridgehead atoms. The number of ether oxygens (including phenoxy) is 2. The third-order valence-electron chi connectivity index (χ3n) is 5.46. The Balaban J connectivity index is 1.80. The van der Waals surface area contributed by atoms with Crippen LogP contribution < -0.4 is 15.0 Å². The summed E-state index contributed by atoms with van der Waals surface area (Å²) in [5.41, 5.74) is 1.38. The molecule has 1 aliphatic heterocycles. The number of hydroxylamine groups is 1. The Kier molecular flexibility index (Phi) is 7.36. The Labute approximate surface area is 199 Å². The molecule has 0 aromatic heterocycles. The first-order valence-corrected chi connectivity index (χ1v) is 13.3. The molecular weight excluding hydrogens is 517 g/mol. The van der Waals surface area contributed by atoms with E-state index in [0.717, 1.165) is 22.7 Å². The highest BCUT2D eigenvalue weighted by atomic mass is 32.2. The third-order valence-corrected chi connectivity index (χ3v) is 9.27. The van der Waals surface area contributed by atoms with Crippen molar-refractivity contribution >= 4 is 25.8 Å². The molecule has 1 amide bonds. The number of amides is 1. The van der Waals surface area contributed by atoms with E-state index < -0.39 is 42.6 Å². The summed E-state index contributed by atoms with van der Waals surface area (Å²) < 4.78 is 95.4. The predicted molar refractivity (Wildman–Crippen MR) is 115 cm³/mol. The largest absolute Gasteiger partial charge is 0.573 e. The van der Waals surface area contributed by atoms with Gasteiger partial charge < -0.3 is 9.47 Å². The third kappa shape index (κ3) is 5.86. The van der Waals surface area contributed by atoms with Gasteiger partial charge in [-0.15, -0.1) is 13.2 Å². The summed E-state index contributed by atoms with van der Waals surface area (Å²) in [4.78, 5) is 12.2. The van der Waals surface area contributed by atoms with Crippen molar-refractivity contribution in [3.05, 3.63) is 48.5 Å². The highest BCUT2D eigenvalue weighted by Gasteiger charge is 2.53. The van der Waals surface area contributed by atoms with Gasteiger partial charge in [-0.1, -0.05) is 0 Å². The number of piperidine rings is 1. The zero-order valence-corrected chi connectivity index (χ0v) is 19.8. The van der Waals surface area contributed by atoms with E-state index >= 15 is 0 Å². The fourth-order valence-corrected chi connectivity index (χ4v) is 6.46. The quantitative estimate of drug-likeness (QED) is 0.405. The van der Waals surface area contributed by atoms with Crippen LogP contribution >= 0.6 is 0 Å². The van der Waals surface area contributed by atoms with Crippen molar-refractivity contribution < 1.29 is 49.5 Å². The van der Waals surface area contributed by atoms with Crippen LogP contribution in [0.4, 0.5) is 13.2 Å². The van der Waals surface area contributed by atoms with Gasteiger partial charge in [0.15, 0.2) is 14.6 Å². The average Bonchev–Trinajstić information content (AvgIpc) is 2.78. The van der Waals surface area contributed by atoms with Gasteiger partial charge in [-0.2, -0.15) is 0 Å². The smallest absolute Gasteiger partial charge is 0.457 e. The molecule has 2 aromatic carbocycles. The molecule has 1 aliphatic rings. The van der Waals surface area contributed by atoms with Crippen molar-refractivity contribution in [2.75, 3.05) is 19.3 Å². The number of hydrogen-bond donors (Lipinski definition) is 2. The number of hydrogen-bond acceptors (Lipinski definition) is 8. The normalized spacial score (nSPS) is 16.9. The lowest BCUT2D eigenvalue weighted by molar-refractivity contribution is -0.274. The highest BCUT2D eigenvalue weighted by molar-refractivity contribution is 7.93. The molecule has 0 unspecified atom stereocenters. The van der Waals surface area contributed by atoms with Crippen molar-refractivity contribution in [2.24, 2.45) is 0 Å². The van der Waals surface area contributed by atoms with E-state index in [4.69, 9.17) is 4.74 Å². The number of rotatable bonds is 7. The fourth-order valence-electron chi connectivity index (χ4n) is 3.66. The van der Waals surface area contributed by atoms with E-state index in [1.165, 1.54) is 41.9 Å². The lowest BCUT2D eigenvalue weighted by Crippen LogP contribution is -2.58. The highest BCUT2D eigenvalue weighted by Crippen LogP contribution is 2.37. The SMILES string of the molecule is CS(=O)(=O)N1CCC(C(=O)NO)(S(=O)(=O)c2ccc(Oc3ccc(OC(F)(F)F)cc3)cc2)CC1. The van der Waals surface area contributed by atoms with Crippen LogP contribution in [0.3, 0.4) is 0 Å². The lowest BCUT2D eigenvalue weighted by Gasteiger charge is -2.38. The number of sulfone groups is 1. The number of alkyl halides is 3. The van der Waals surface area contributed by atoms with Gasteiger partial charge in [0.05, 0.1) is 11.2 Å². The van der Waals surface area contributed by atoms with Crippen LogP contribution in [0.2, 0.25) is 0 Å². The number of carbonyl (C=O) groups excluding carboxylic acids is 1. The van der Waals surface area contributed by atoms with Crippen LogP contribution in [0.1, 0.15) is 12.8 Å². The van der Waals surface area contributed by atoms with E-state index in [1.807, 2.05) is 0 Å². The van der Waals surface area contributed by atoms with Gasteiger partial charge in [-0.05, 0) is 61.4 Å².